The number of benzene rings is 1. The Hall–Kier alpha value is -1.46. The van der Waals surface area contributed by atoms with E-state index in [0.717, 1.165) is 19.6 Å². The highest BCUT2D eigenvalue weighted by molar-refractivity contribution is 5.78. The van der Waals surface area contributed by atoms with Gasteiger partial charge in [-0.05, 0) is 11.6 Å². The number of hydrogen-bond donors (Lipinski definition) is 1. The maximum atomic E-state index is 13.5. The van der Waals surface area contributed by atoms with Gasteiger partial charge in [0.25, 0.3) is 0 Å². The summed E-state index contributed by atoms with van der Waals surface area (Å²) in [6, 6.07) is 6.44. The first-order chi connectivity index (χ1) is 9.20. The number of nitrogens with two attached hydrogens (primary N) is 1. The predicted octanol–water partition coefficient (Wildman–Crippen LogP) is 0.471. The highest BCUT2D eigenvalue weighted by Gasteiger charge is 2.21. The molecular formula is C14H20FN3O. The Kier molecular flexibility index (Phi) is 4.87. The van der Waals surface area contributed by atoms with Crippen LogP contribution in [0.4, 0.5) is 4.39 Å². The maximum Gasteiger partial charge on any atom is 0.227 e. The molecule has 2 rings (SSSR count). The van der Waals surface area contributed by atoms with Crippen LogP contribution in [0.1, 0.15) is 5.56 Å². The lowest BCUT2D eigenvalue weighted by atomic mass is 10.1. The summed E-state index contributed by atoms with van der Waals surface area (Å²) < 4.78 is 13.5. The molecule has 5 heteroatoms. The third-order valence-corrected chi connectivity index (χ3v) is 3.47. The Labute approximate surface area is 113 Å². The summed E-state index contributed by atoms with van der Waals surface area (Å²) in [5, 5.41) is 0. The molecule has 0 radical (unpaired) electrons. The molecule has 1 aliphatic rings. The van der Waals surface area contributed by atoms with Crippen LogP contribution in [0.2, 0.25) is 0 Å². The quantitative estimate of drug-likeness (QED) is 0.861. The molecule has 1 aromatic rings. The average molecular weight is 265 g/mol. The first-order valence-electron chi connectivity index (χ1n) is 6.64. The number of hydrogen-bond acceptors (Lipinski definition) is 3. The molecule has 0 saturated carbocycles. The normalized spacial score (nSPS) is 16.6. The van der Waals surface area contributed by atoms with Crippen LogP contribution < -0.4 is 5.73 Å². The van der Waals surface area contributed by atoms with Gasteiger partial charge >= 0.3 is 0 Å². The molecule has 1 aromatic carbocycles. The minimum atomic E-state index is -0.308. The van der Waals surface area contributed by atoms with Gasteiger partial charge < -0.3 is 10.6 Å². The van der Waals surface area contributed by atoms with Gasteiger partial charge in [-0.3, -0.25) is 9.69 Å². The maximum absolute atomic E-state index is 13.5. The fourth-order valence-electron chi connectivity index (χ4n) is 2.32. The molecule has 104 valence electrons. The Morgan fingerprint density at radius 1 is 1.21 bits per heavy atom. The molecule has 1 heterocycles. The zero-order valence-electron chi connectivity index (χ0n) is 11.0. The summed E-state index contributed by atoms with van der Waals surface area (Å²) in [4.78, 5) is 16.1. The summed E-state index contributed by atoms with van der Waals surface area (Å²) in [6.07, 6.45) is 0.142. The molecule has 1 fully saturated rings. The van der Waals surface area contributed by atoms with Crippen LogP contribution in [-0.2, 0) is 11.2 Å². The molecule has 0 aromatic heterocycles. The average Bonchev–Trinajstić information content (AvgIpc) is 2.42. The number of carbonyl (C=O) groups excluding carboxylic acids is 1. The lowest BCUT2D eigenvalue weighted by Crippen LogP contribution is -2.50. The fourth-order valence-corrected chi connectivity index (χ4v) is 2.32. The minimum Gasteiger partial charge on any atom is -0.340 e. The predicted molar refractivity (Wildman–Crippen MR) is 72.2 cm³/mol. The second-order valence-corrected chi connectivity index (χ2v) is 4.78. The molecule has 2 N–H and O–H groups in total. The molecule has 4 nitrogen and oxygen atoms in total. The summed E-state index contributed by atoms with van der Waals surface area (Å²) in [5.74, 6) is -0.310. The van der Waals surface area contributed by atoms with Crippen LogP contribution in [-0.4, -0.2) is 55.0 Å². The molecule has 19 heavy (non-hydrogen) atoms. The van der Waals surface area contributed by atoms with Crippen molar-refractivity contribution in [1.82, 2.24) is 9.80 Å². The largest absolute Gasteiger partial charge is 0.340 e. The van der Waals surface area contributed by atoms with Crippen molar-refractivity contribution < 1.29 is 9.18 Å². The second kappa shape index (κ2) is 6.63. The third-order valence-electron chi connectivity index (χ3n) is 3.47. The van der Waals surface area contributed by atoms with Crippen molar-refractivity contribution in [1.29, 1.82) is 0 Å². The van der Waals surface area contributed by atoms with E-state index in [1.165, 1.54) is 6.07 Å². The van der Waals surface area contributed by atoms with Crippen molar-refractivity contribution in [3.8, 4) is 0 Å². The van der Waals surface area contributed by atoms with Gasteiger partial charge in [0.2, 0.25) is 5.91 Å². The molecule has 0 unspecified atom stereocenters. The highest BCUT2D eigenvalue weighted by atomic mass is 19.1. The van der Waals surface area contributed by atoms with Crippen molar-refractivity contribution >= 4 is 5.91 Å². The van der Waals surface area contributed by atoms with E-state index in [4.69, 9.17) is 5.73 Å². The SMILES string of the molecule is NCCN1CCN(C(=O)Cc2ccccc2F)CC1. The van der Waals surface area contributed by atoms with Crippen molar-refractivity contribution in [3.05, 3.63) is 35.6 Å². The third kappa shape index (κ3) is 3.75. The van der Waals surface area contributed by atoms with E-state index in [2.05, 4.69) is 4.90 Å². The fraction of sp³-hybridized carbons (Fsp3) is 0.500. The first-order valence-corrected chi connectivity index (χ1v) is 6.64. The van der Waals surface area contributed by atoms with Crippen molar-refractivity contribution in [2.75, 3.05) is 39.3 Å². The molecule has 1 amide bonds. The van der Waals surface area contributed by atoms with E-state index in [1.54, 1.807) is 23.1 Å². The standard InChI is InChI=1S/C14H20FN3O/c15-13-4-2-1-3-12(13)11-14(19)18-9-7-17(6-5-16)8-10-18/h1-4H,5-11,16H2. The lowest BCUT2D eigenvalue weighted by Gasteiger charge is -2.34. The monoisotopic (exact) mass is 265 g/mol. The van der Waals surface area contributed by atoms with Gasteiger partial charge in [0.1, 0.15) is 5.82 Å². The van der Waals surface area contributed by atoms with Crippen LogP contribution in [0, 0.1) is 5.82 Å². The van der Waals surface area contributed by atoms with E-state index in [-0.39, 0.29) is 18.1 Å². The molecular weight excluding hydrogens is 245 g/mol. The van der Waals surface area contributed by atoms with Crippen molar-refractivity contribution in [2.24, 2.45) is 5.73 Å². The number of nitrogens with zero attached hydrogens (tertiary/aromatic N) is 2. The van der Waals surface area contributed by atoms with E-state index in [9.17, 15) is 9.18 Å². The van der Waals surface area contributed by atoms with Crippen LogP contribution in [0.5, 0.6) is 0 Å². The van der Waals surface area contributed by atoms with Gasteiger partial charge in [0, 0.05) is 39.3 Å². The topological polar surface area (TPSA) is 49.6 Å². The number of carbonyl (C=O) groups is 1. The zero-order valence-corrected chi connectivity index (χ0v) is 11.0. The Morgan fingerprint density at radius 2 is 1.89 bits per heavy atom. The number of amides is 1. The molecule has 0 spiro atoms. The molecule has 0 atom stereocenters. The Morgan fingerprint density at radius 3 is 2.53 bits per heavy atom. The number of rotatable bonds is 4. The number of halogens is 1. The Balaban J connectivity index is 1.87. The van der Waals surface area contributed by atoms with Gasteiger partial charge in [0.05, 0.1) is 6.42 Å². The molecule has 0 bridgehead atoms. The Bertz CT molecular complexity index is 430. The van der Waals surface area contributed by atoms with Gasteiger partial charge in [-0.15, -0.1) is 0 Å². The molecule has 1 aliphatic heterocycles. The van der Waals surface area contributed by atoms with Crippen LogP contribution in [0.3, 0.4) is 0 Å². The van der Waals surface area contributed by atoms with E-state index < -0.39 is 0 Å². The smallest absolute Gasteiger partial charge is 0.227 e. The van der Waals surface area contributed by atoms with Gasteiger partial charge in [0.15, 0.2) is 0 Å². The van der Waals surface area contributed by atoms with Crippen molar-refractivity contribution in [3.63, 3.8) is 0 Å². The molecule has 0 aliphatic carbocycles. The van der Waals surface area contributed by atoms with Crippen LogP contribution in [0.15, 0.2) is 24.3 Å². The van der Waals surface area contributed by atoms with E-state index >= 15 is 0 Å². The first kappa shape index (κ1) is 14.0. The molecule has 1 saturated heterocycles. The summed E-state index contributed by atoms with van der Waals surface area (Å²) >= 11 is 0. The zero-order chi connectivity index (χ0) is 13.7. The van der Waals surface area contributed by atoms with Gasteiger partial charge in [-0.2, -0.15) is 0 Å². The second-order valence-electron chi connectivity index (χ2n) is 4.78. The lowest BCUT2D eigenvalue weighted by molar-refractivity contribution is -0.132. The summed E-state index contributed by atoms with van der Waals surface area (Å²) in [5.41, 5.74) is 5.98. The summed E-state index contributed by atoms with van der Waals surface area (Å²) in [6.45, 7) is 4.61. The highest BCUT2D eigenvalue weighted by Crippen LogP contribution is 2.10. The van der Waals surface area contributed by atoms with E-state index in [1.807, 2.05) is 0 Å². The minimum absolute atomic E-state index is 0.00232. The van der Waals surface area contributed by atoms with Gasteiger partial charge in [-0.25, -0.2) is 4.39 Å². The van der Waals surface area contributed by atoms with Crippen LogP contribution in [0.25, 0.3) is 0 Å². The van der Waals surface area contributed by atoms with E-state index in [0.29, 0.717) is 25.2 Å². The summed E-state index contributed by atoms with van der Waals surface area (Å²) in [7, 11) is 0. The van der Waals surface area contributed by atoms with Crippen molar-refractivity contribution in [2.45, 2.75) is 6.42 Å². The van der Waals surface area contributed by atoms with Crippen LogP contribution >= 0.6 is 0 Å². The number of piperazine rings is 1. The van der Waals surface area contributed by atoms with Gasteiger partial charge in [-0.1, -0.05) is 18.2 Å².